The molecule has 1 aromatic rings. The van der Waals surface area contributed by atoms with Gasteiger partial charge in [0, 0.05) is 13.2 Å². The minimum absolute atomic E-state index is 0.0833. The van der Waals surface area contributed by atoms with Crippen molar-refractivity contribution in [2.75, 3.05) is 13.2 Å². The summed E-state index contributed by atoms with van der Waals surface area (Å²) in [5.74, 6) is -0.225. The standard InChI is InChI=1S/C13H22N4O4/c1-9(2)21-7-5-6-14-13(18)11(4)16-8-12(17(19)20)10(3)15-16/h8-9,11H,5-7H2,1-4H3,(H,14,18). The first-order valence-electron chi connectivity index (χ1n) is 6.92. The van der Waals surface area contributed by atoms with Crippen molar-refractivity contribution in [3.05, 3.63) is 22.0 Å². The SMILES string of the molecule is Cc1nn(C(C)C(=O)NCCCOC(C)C)cc1[N+](=O)[O-]. The van der Waals surface area contributed by atoms with E-state index in [-0.39, 0.29) is 17.7 Å². The third kappa shape index (κ3) is 5.14. The molecule has 1 heterocycles. The summed E-state index contributed by atoms with van der Waals surface area (Å²) in [5, 5.41) is 17.5. The summed E-state index contributed by atoms with van der Waals surface area (Å²) in [6.07, 6.45) is 2.17. The summed E-state index contributed by atoms with van der Waals surface area (Å²) in [6.45, 7) is 8.18. The van der Waals surface area contributed by atoms with Crippen molar-refractivity contribution in [3.8, 4) is 0 Å². The zero-order chi connectivity index (χ0) is 16.0. The van der Waals surface area contributed by atoms with Gasteiger partial charge in [0.05, 0.1) is 11.0 Å². The molecule has 1 rings (SSSR count). The van der Waals surface area contributed by atoms with Gasteiger partial charge in [-0.2, -0.15) is 5.10 Å². The largest absolute Gasteiger partial charge is 0.379 e. The molecule has 0 bridgehead atoms. The molecule has 1 aromatic heterocycles. The number of amides is 1. The summed E-state index contributed by atoms with van der Waals surface area (Å²) < 4.78 is 6.68. The van der Waals surface area contributed by atoms with Gasteiger partial charge in [-0.3, -0.25) is 19.6 Å². The molecule has 8 heteroatoms. The predicted octanol–water partition coefficient (Wildman–Crippen LogP) is 1.59. The average Bonchev–Trinajstić information content (AvgIpc) is 2.79. The summed E-state index contributed by atoms with van der Waals surface area (Å²) in [7, 11) is 0. The number of hydrogen-bond donors (Lipinski definition) is 1. The van der Waals surface area contributed by atoms with Crippen molar-refractivity contribution in [1.29, 1.82) is 0 Å². The van der Waals surface area contributed by atoms with E-state index in [0.717, 1.165) is 6.42 Å². The molecule has 0 aliphatic heterocycles. The minimum atomic E-state index is -0.594. The first kappa shape index (κ1) is 17.1. The molecule has 1 unspecified atom stereocenters. The van der Waals surface area contributed by atoms with Crippen molar-refractivity contribution in [3.63, 3.8) is 0 Å². The highest BCUT2D eigenvalue weighted by Crippen LogP contribution is 2.18. The smallest absolute Gasteiger partial charge is 0.309 e. The van der Waals surface area contributed by atoms with Gasteiger partial charge in [-0.05, 0) is 34.1 Å². The summed E-state index contributed by atoms with van der Waals surface area (Å²) in [4.78, 5) is 22.2. The van der Waals surface area contributed by atoms with Gasteiger partial charge in [0.1, 0.15) is 17.9 Å². The third-order valence-electron chi connectivity index (χ3n) is 2.94. The summed E-state index contributed by atoms with van der Waals surface area (Å²) in [6, 6.07) is -0.594. The van der Waals surface area contributed by atoms with Gasteiger partial charge < -0.3 is 10.1 Å². The third-order valence-corrected chi connectivity index (χ3v) is 2.94. The van der Waals surface area contributed by atoms with Crippen LogP contribution in [0.4, 0.5) is 5.69 Å². The summed E-state index contributed by atoms with van der Waals surface area (Å²) in [5.41, 5.74) is 0.213. The number of aromatic nitrogens is 2. The van der Waals surface area contributed by atoms with Crippen LogP contribution in [0.15, 0.2) is 6.20 Å². The number of nitro groups is 1. The Kier molecular flexibility index (Phi) is 6.29. The van der Waals surface area contributed by atoms with E-state index in [4.69, 9.17) is 4.74 Å². The van der Waals surface area contributed by atoms with Gasteiger partial charge in [-0.15, -0.1) is 0 Å². The highest BCUT2D eigenvalue weighted by atomic mass is 16.6. The maximum atomic E-state index is 11.9. The normalized spacial score (nSPS) is 12.4. The number of rotatable bonds is 8. The molecule has 0 aromatic carbocycles. The second-order valence-electron chi connectivity index (χ2n) is 5.08. The van der Waals surface area contributed by atoms with Crippen LogP contribution in [-0.2, 0) is 9.53 Å². The van der Waals surface area contributed by atoms with Crippen molar-refractivity contribution in [2.45, 2.75) is 46.3 Å². The van der Waals surface area contributed by atoms with Crippen LogP contribution < -0.4 is 5.32 Å². The van der Waals surface area contributed by atoms with Gasteiger partial charge in [0.25, 0.3) is 0 Å². The van der Waals surface area contributed by atoms with Crippen molar-refractivity contribution < 1.29 is 14.5 Å². The van der Waals surface area contributed by atoms with E-state index in [1.54, 1.807) is 13.8 Å². The van der Waals surface area contributed by atoms with Crippen molar-refractivity contribution in [2.24, 2.45) is 0 Å². The Balaban J connectivity index is 2.47. The monoisotopic (exact) mass is 298 g/mol. The molecule has 0 aliphatic rings. The molecule has 8 nitrogen and oxygen atoms in total. The second kappa shape index (κ2) is 7.72. The Bertz CT molecular complexity index is 498. The quantitative estimate of drug-likeness (QED) is 0.446. The Labute approximate surface area is 123 Å². The van der Waals surface area contributed by atoms with E-state index in [1.165, 1.54) is 10.9 Å². The topological polar surface area (TPSA) is 99.3 Å². The molecule has 118 valence electrons. The fourth-order valence-corrected chi connectivity index (χ4v) is 1.72. The molecule has 0 radical (unpaired) electrons. The van der Waals surface area contributed by atoms with Crippen LogP contribution in [0.25, 0.3) is 0 Å². The number of ether oxygens (including phenoxy) is 1. The van der Waals surface area contributed by atoms with Crippen LogP contribution in [0.5, 0.6) is 0 Å². The van der Waals surface area contributed by atoms with Crippen molar-refractivity contribution >= 4 is 11.6 Å². The van der Waals surface area contributed by atoms with E-state index in [2.05, 4.69) is 10.4 Å². The molecule has 0 fully saturated rings. The average molecular weight is 298 g/mol. The zero-order valence-electron chi connectivity index (χ0n) is 12.8. The Hall–Kier alpha value is -1.96. The molecular weight excluding hydrogens is 276 g/mol. The van der Waals surface area contributed by atoms with Crippen molar-refractivity contribution in [1.82, 2.24) is 15.1 Å². The van der Waals surface area contributed by atoms with Crippen LogP contribution in [0, 0.1) is 17.0 Å². The van der Waals surface area contributed by atoms with Gasteiger partial charge in [0.15, 0.2) is 0 Å². The maximum Gasteiger partial charge on any atom is 0.309 e. The molecule has 1 amide bonds. The number of hydrogen-bond acceptors (Lipinski definition) is 5. The Morgan fingerprint density at radius 2 is 2.19 bits per heavy atom. The second-order valence-corrected chi connectivity index (χ2v) is 5.08. The lowest BCUT2D eigenvalue weighted by molar-refractivity contribution is -0.385. The maximum absolute atomic E-state index is 11.9. The fraction of sp³-hybridized carbons (Fsp3) is 0.692. The molecule has 0 saturated carbocycles. The number of carbonyl (C=O) groups is 1. The Morgan fingerprint density at radius 3 is 2.71 bits per heavy atom. The predicted molar refractivity (Wildman–Crippen MR) is 77.0 cm³/mol. The van der Waals surface area contributed by atoms with Crippen LogP contribution in [0.1, 0.15) is 38.9 Å². The lowest BCUT2D eigenvalue weighted by atomic mass is 10.3. The Morgan fingerprint density at radius 1 is 1.52 bits per heavy atom. The number of aryl methyl sites for hydroxylation is 1. The first-order valence-corrected chi connectivity index (χ1v) is 6.92. The van der Waals surface area contributed by atoms with E-state index < -0.39 is 11.0 Å². The number of nitrogens with one attached hydrogen (secondary N) is 1. The lowest BCUT2D eigenvalue weighted by Gasteiger charge is -2.12. The lowest BCUT2D eigenvalue weighted by Crippen LogP contribution is -2.32. The molecule has 0 saturated heterocycles. The summed E-state index contributed by atoms with van der Waals surface area (Å²) >= 11 is 0. The van der Waals surface area contributed by atoms with E-state index in [9.17, 15) is 14.9 Å². The van der Waals surface area contributed by atoms with Crippen LogP contribution >= 0.6 is 0 Å². The molecule has 1 N–H and O–H groups in total. The van der Waals surface area contributed by atoms with Gasteiger partial charge in [0.2, 0.25) is 5.91 Å². The van der Waals surface area contributed by atoms with Gasteiger partial charge in [-0.1, -0.05) is 0 Å². The number of nitrogens with zero attached hydrogens (tertiary/aromatic N) is 3. The fourth-order valence-electron chi connectivity index (χ4n) is 1.72. The highest BCUT2D eigenvalue weighted by molar-refractivity contribution is 5.79. The van der Waals surface area contributed by atoms with Crippen LogP contribution in [0.3, 0.4) is 0 Å². The molecule has 0 aliphatic carbocycles. The molecule has 0 spiro atoms. The minimum Gasteiger partial charge on any atom is -0.379 e. The number of carbonyl (C=O) groups excluding carboxylic acids is 1. The van der Waals surface area contributed by atoms with E-state index in [0.29, 0.717) is 18.8 Å². The highest BCUT2D eigenvalue weighted by Gasteiger charge is 2.21. The molecule has 21 heavy (non-hydrogen) atoms. The molecule has 1 atom stereocenters. The zero-order valence-corrected chi connectivity index (χ0v) is 12.8. The van der Waals surface area contributed by atoms with Crippen LogP contribution in [0.2, 0.25) is 0 Å². The van der Waals surface area contributed by atoms with Gasteiger partial charge >= 0.3 is 5.69 Å². The first-order chi connectivity index (χ1) is 9.82. The van der Waals surface area contributed by atoms with E-state index in [1.807, 2.05) is 13.8 Å². The molecular formula is C13H22N4O4. The van der Waals surface area contributed by atoms with Crippen LogP contribution in [-0.4, -0.2) is 39.9 Å². The van der Waals surface area contributed by atoms with Gasteiger partial charge in [-0.25, -0.2) is 0 Å². The van der Waals surface area contributed by atoms with E-state index >= 15 is 0 Å².